The molecule has 0 fully saturated rings. The van der Waals surface area contributed by atoms with Crippen molar-refractivity contribution in [2.45, 2.75) is 66.1 Å². The predicted octanol–water partition coefficient (Wildman–Crippen LogP) is 5.52. The Kier molecular flexibility index (Phi) is 5.10. The molecular formula is C25H32N2. The molecule has 2 heteroatoms. The molecule has 0 spiro atoms. The number of likely N-dealkylation sites (N-methyl/N-ethyl adjacent to an activating group) is 1. The van der Waals surface area contributed by atoms with Crippen LogP contribution in [0.3, 0.4) is 0 Å². The van der Waals surface area contributed by atoms with E-state index in [0.717, 1.165) is 38.9 Å². The van der Waals surface area contributed by atoms with Gasteiger partial charge in [-0.05, 0) is 62.1 Å². The third-order valence-electron chi connectivity index (χ3n) is 6.35. The highest BCUT2D eigenvalue weighted by Crippen LogP contribution is 2.34. The Morgan fingerprint density at radius 1 is 1.04 bits per heavy atom. The van der Waals surface area contributed by atoms with E-state index in [-0.39, 0.29) is 0 Å². The second kappa shape index (κ2) is 7.52. The lowest BCUT2D eigenvalue weighted by molar-refractivity contribution is 0.192. The normalized spacial score (nSPS) is 17.4. The fourth-order valence-electron chi connectivity index (χ4n) is 4.71. The predicted molar refractivity (Wildman–Crippen MR) is 115 cm³/mol. The first-order chi connectivity index (χ1) is 13.1. The number of rotatable bonds is 5. The fourth-order valence-corrected chi connectivity index (χ4v) is 4.71. The third-order valence-corrected chi connectivity index (χ3v) is 6.35. The van der Waals surface area contributed by atoms with Gasteiger partial charge in [-0.1, -0.05) is 49.7 Å². The first kappa shape index (κ1) is 18.3. The highest BCUT2D eigenvalue weighted by atomic mass is 15.2. The van der Waals surface area contributed by atoms with E-state index in [1.165, 1.54) is 27.6 Å². The molecule has 2 nitrogen and oxygen atoms in total. The molecule has 1 aromatic heterocycles. The standard InChI is InChI=1S/C25H32N2/c1-5-20-10-11-24-22(16-20)23-17-26(6-2)19(4)15-25(23)27(24)13-12-21-9-7-8-18(3)14-21/h7-11,14,16,19H,5-6,12-13,15,17H2,1-4H3. The zero-order chi connectivity index (χ0) is 19.0. The van der Waals surface area contributed by atoms with E-state index in [1.54, 1.807) is 11.3 Å². The van der Waals surface area contributed by atoms with Crippen molar-refractivity contribution in [3.63, 3.8) is 0 Å². The van der Waals surface area contributed by atoms with Gasteiger partial charge in [0.2, 0.25) is 0 Å². The quantitative estimate of drug-likeness (QED) is 0.581. The molecule has 27 heavy (non-hydrogen) atoms. The van der Waals surface area contributed by atoms with E-state index in [4.69, 9.17) is 0 Å². The van der Waals surface area contributed by atoms with Crippen LogP contribution in [0.5, 0.6) is 0 Å². The zero-order valence-corrected chi connectivity index (χ0v) is 17.3. The van der Waals surface area contributed by atoms with Crippen LogP contribution in [-0.2, 0) is 32.4 Å². The number of benzene rings is 2. The van der Waals surface area contributed by atoms with Crippen molar-refractivity contribution >= 4 is 10.9 Å². The van der Waals surface area contributed by atoms with Crippen molar-refractivity contribution in [3.8, 4) is 0 Å². The average Bonchev–Trinajstić information content (AvgIpc) is 2.97. The Morgan fingerprint density at radius 3 is 2.63 bits per heavy atom. The molecule has 0 saturated heterocycles. The van der Waals surface area contributed by atoms with Crippen molar-refractivity contribution < 1.29 is 0 Å². The highest BCUT2D eigenvalue weighted by molar-refractivity contribution is 5.86. The average molecular weight is 361 g/mol. The van der Waals surface area contributed by atoms with Crippen LogP contribution in [0.4, 0.5) is 0 Å². The molecule has 1 aliphatic rings. The maximum Gasteiger partial charge on any atom is 0.0486 e. The molecule has 1 unspecified atom stereocenters. The first-order valence-electron chi connectivity index (χ1n) is 10.5. The fraction of sp³-hybridized carbons (Fsp3) is 0.440. The minimum absolute atomic E-state index is 0.621. The summed E-state index contributed by atoms with van der Waals surface area (Å²) in [6, 6.07) is 16.7. The molecule has 4 rings (SSSR count). The zero-order valence-electron chi connectivity index (χ0n) is 17.3. The second-order valence-corrected chi connectivity index (χ2v) is 8.14. The lowest BCUT2D eigenvalue weighted by atomic mass is 9.98. The minimum atomic E-state index is 0.621. The summed E-state index contributed by atoms with van der Waals surface area (Å²) >= 11 is 0. The molecule has 142 valence electrons. The summed E-state index contributed by atoms with van der Waals surface area (Å²) in [6.07, 6.45) is 3.36. The van der Waals surface area contributed by atoms with Gasteiger partial charge in [0.15, 0.2) is 0 Å². The van der Waals surface area contributed by atoms with Gasteiger partial charge in [0.25, 0.3) is 0 Å². The number of hydrogen-bond donors (Lipinski definition) is 0. The van der Waals surface area contributed by atoms with Crippen LogP contribution >= 0.6 is 0 Å². The van der Waals surface area contributed by atoms with E-state index >= 15 is 0 Å². The highest BCUT2D eigenvalue weighted by Gasteiger charge is 2.27. The number of fused-ring (bicyclic) bond motifs is 3. The molecule has 0 N–H and O–H groups in total. The largest absolute Gasteiger partial charge is 0.344 e. The number of aromatic nitrogens is 1. The van der Waals surface area contributed by atoms with E-state index < -0.39 is 0 Å². The van der Waals surface area contributed by atoms with Gasteiger partial charge in [0.05, 0.1) is 0 Å². The Labute approximate surface area is 163 Å². The molecule has 0 bridgehead atoms. The van der Waals surface area contributed by atoms with Gasteiger partial charge in [-0.2, -0.15) is 0 Å². The summed E-state index contributed by atoms with van der Waals surface area (Å²) in [5.41, 5.74) is 8.81. The van der Waals surface area contributed by atoms with Crippen LogP contribution in [0.15, 0.2) is 42.5 Å². The molecule has 1 aliphatic heterocycles. The van der Waals surface area contributed by atoms with Crippen LogP contribution in [-0.4, -0.2) is 22.1 Å². The van der Waals surface area contributed by atoms with Crippen LogP contribution in [0.2, 0.25) is 0 Å². The van der Waals surface area contributed by atoms with Crippen molar-refractivity contribution in [2.24, 2.45) is 0 Å². The monoisotopic (exact) mass is 360 g/mol. The number of aryl methyl sites for hydroxylation is 4. The van der Waals surface area contributed by atoms with Gasteiger partial charge >= 0.3 is 0 Å². The molecule has 2 heterocycles. The van der Waals surface area contributed by atoms with Gasteiger partial charge < -0.3 is 4.57 Å². The van der Waals surface area contributed by atoms with Crippen molar-refractivity contribution in [2.75, 3.05) is 6.54 Å². The Morgan fingerprint density at radius 2 is 1.89 bits per heavy atom. The van der Waals surface area contributed by atoms with E-state index in [0.29, 0.717) is 6.04 Å². The van der Waals surface area contributed by atoms with Crippen molar-refractivity contribution in [1.82, 2.24) is 9.47 Å². The Bertz CT molecular complexity index is 950. The van der Waals surface area contributed by atoms with E-state index in [9.17, 15) is 0 Å². The van der Waals surface area contributed by atoms with Gasteiger partial charge in [0.1, 0.15) is 0 Å². The molecular weight excluding hydrogens is 328 g/mol. The summed E-state index contributed by atoms with van der Waals surface area (Å²) in [6.45, 7) is 12.4. The summed E-state index contributed by atoms with van der Waals surface area (Å²) in [5.74, 6) is 0. The van der Waals surface area contributed by atoms with Crippen LogP contribution in [0.25, 0.3) is 10.9 Å². The van der Waals surface area contributed by atoms with Crippen LogP contribution in [0.1, 0.15) is 48.7 Å². The van der Waals surface area contributed by atoms with Crippen molar-refractivity contribution in [3.05, 3.63) is 70.4 Å². The van der Waals surface area contributed by atoms with E-state index in [2.05, 4.69) is 79.6 Å². The van der Waals surface area contributed by atoms with Crippen LogP contribution < -0.4 is 0 Å². The third kappa shape index (κ3) is 3.43. The van der Waals surface area contributed by atoms with Gasteiger partial charge in [-0.25, -0.2) is 0 Å². The summed E-state index contributed by atoms with van der Waals surface area (Å²) in [4.78, 5) is 2.62. The maximum atomic E-state index is 2.62. The molecule has 2 aromatic carbocycles. The lowest BCUT2D eigenvalue weighted by Crippen LogP contribution is -2.38. The second-order valence-electron chi connectivity index (χ2n) is 8.14. The molecule has 0 radical (unpaired) electrons. The van der Waals surface area contributed by atoms with E-state index in [1.807, 2.05) is 0 Å². The molecule has 3 aromatic rings. The summed E-state index contributed by atoms with van der Waals surface area (Å²) in [7, 11) is 0. The topological polar surface area (TPSA) is 8.17 Å². The number of nitrogens with zero attached hydrogens (tertiary/aromatic N) is 2. The summed E-state index contributed by atoms with van der Waals surface area (Å²) < 4.78 is 2.62. The van der Waals surface area contributed by atoms with Gasteiger partial charge in [-0.3, -0.25) is 4.90 Å². The summed E-state index contributed by atoms with van der Waals surface area (Å²) in [5, 5.41) is 1.49. The van der Waals surface area contributed by atoms with Gasteiger partial charge in [0, 0.05) is 42.1 Å². The van der Waals surface area contributed by atoms with Crippen LogP contribution in [0, 0.1) is 6.92 Å². The molecule has 0 saturated carbocycles. The number of hydrogen-bond acceptors (Lipinski definition) is 1. The molecule has 1 atom stereocenters. The molecule has 0 aliphatic carbocycles. The Hall–Kier alpha value is -2.06. The Balaban J connectivity index is 1.76. The molecule has 0 amide bonds. The SMILES string of the molecule is CCc1ccc2c(c1)c1c(n2CCc2cccc(C)c2)CC(C)N(CC)C1. The maximum absolute atomic E-state index is 2.62. The smallest absolute Gasteiger partial charge is 0.0486 e. The van der Waals surface area contributed by atoms with Crippen molar-refractivity contribution in [1.29, 1.82) is 0 Å². The first-order valence-corrected chi connectivity index (χ1v) is 10.5. The lowest BCUT2D eigenvalue weighted by Gasteiger charge is -2.33. The minimum Gasteiger partial charge on any atom is -0.344 e. The van der Waals surface area contributed by atoms with Gasteiger partial charge in [-0.15, -0.1) is 0 Å².